The molecular weight excluding hydrogens is 166 g/mol. The zero-order chi connectivity index (χ0) is 10.1. The summed E-state index contributed by atoms with van der Waals surface area (Å²) in [6.45, 7) is 8.30. The number of nitrogens with one attached hydrogen (secondary N) is 1. The van der Waals surface area contributed by atoms with Crippen LogP contribution < -0.4 is 11.3 Å². The van der Waals surface area contributed by atoms with Crippen LogP contribution in [0.15, 0.2) is 0 Å². The smallest absolute Gasteiger partial charge is 0.250 e. The number of nitrogens with zero attached hydrogens (tertiary/aromatic N) is 1. The molecule has 1 fully saturated rings. The molecule has 0 aliphatic carbocycles. The Kier molecular flexibility index (Phi) is 2.93. The fourth-order valence-corrected chi connectivity index (χ4v) is 1.77. The van der Waals surface area contributed by atoms with E-state index in [9.17, 15) is 4.79 Å². The van der Waals surface area contributed by atoms with Crippen LogP contribution in [0.4, 0.5) is 0 Å². The van der Waals surface area contributed by atoms with Gasteiger partial charge in [-0.1, -0.05) is 13.8 Å². The van der Waals surface area contributed by atoms with Gasteiger partial charge in [0.05, 0.1) is 6.04 Å². The highest BCUT2D eigenvalue weighted by Gasteiger charge is 2.33. The van der Waals surface area contributed by atoms with Gasteiger partial charge in [0.1, 0.15) is 0 Å². The Balaban J connectivity index is 2.51. The number of hydrogen-bond donors (Lipinski definition) is 2. The highest BCUT2D eigenvalue weighted by Crippen LogP contribution is 2.29. The van der Waals surface area contributed by atoms with Crippen molar-refractivity contribution in [2.75, 3.05) is 13.1 Å². The number of carbonyl (C=O) groups is 1. The van der Waals surface area contributed by atoms with Gasteiger partial charge >= 0.3 is 0 Å². The SMILES string of the molecule is CC(C(=O)NN)N1CCC(C)(C)C1. The van der Waals surface area contributed by atoms with Crippen LogP contribution >= 0.6 is 0 Å². The molecule has 1 unspecified atom stereocenters. The summed E-state index contributed by atoms with van der Waals surface area (Å²) in [6.07, 6.45) is 1.15. The van der Waals surface area contributed by atoms with Gasteiger partial charge < -0.3 is 0 Å². The molecule has 1 saturated heterocycles. The Bertz CT molecular complexity index is 203. The van der Waals surface area contributed by atoms with Crippen molar-refractivity contribution in [2.24, 2.45) is 11.3 Å². The van der Waals surface area contributed by atoms with E-state index < -0.39 is 0 Å². The highest BCUT2D eigenvalue weighted by atomic mass is 16.2. The van der Waals surface area contributed by atoms with Crippen LogP contribution in [-0.2, 0) is 4.79 Å². The molecule has 1 amide bonds. The molecule has 0 aromatic rings. The van der Waals surface area contributed by atoms with Gasteiger partial charge in [0.15, 0.2) is 0 Å². The fraction of sp³-hybridized carbons (Fsp3) is 0.889. The van der Waals surface area contributed by atoms with Gasteiger partial charge in [0.25, 0.3) is 5.91 Å². The van der Waals surface area contributed by atoms with E-state index in [2.05, 4.69) is 24.2 Å². The first kappa shape index (κ1) is 10.5. The number of rotatable bonds is 2. The zero-order valence-electron chi connectivity index (χ0n) is 8.63. The van der Waals surface area contributed by atoms with Crippen LogP contribution in [0.25, 0.3) is 0 Å². The molecule has 0 aromatic heterocycles. The molecular formula is C9H19N3O. The monoisotopic (exact) mass is 185 g/mol. The number of likely N-dealkylation sites (tertiary alicyclic amines) is 1. The summed E-state index contributed by atoms with van der Waals surface area (Å²) in [5.41, 5.74) is 2.52. The molecule has 4 heteroatoms. The molecule has 0 bridgehead atoms. The Labute approximate surface area is 79.4 Å². The summed E-state index contributed by atoms with van der Waals surface area (Å²) < 4.78 is 0. The predicted molar refractivity (Wildman–Crippen MR) is 51.8 cm³/mol. The Morgan fingerprint density at radius 2 is 2.23 bits per heavy atom. The second-order valence-electron chi connectivity index (χ2n) is 4.57. The molecule has 1 aliphatic heterocycles. The van der Waals surface area contributed by atoms with Crippen molar-refractivity contribution in [2.45, 2.75) is 33.2 Å². The number of hydrazine groups is 1. The largest absolute Gasteiger partial charge is 0.293 e. The van der Waals surface area contributed by atoms with E-state index in [1.165, 1.54) is 0 Å². The Morgan fingerprint density at radius 1 is 1.62 bits per heavy atom. The molecule has 1 atom stereocenters. The van der Waals surface area contributed by atoms with Crippen molar-refractivity contribution in [1.82, 2.24) is 10.3 Å². The van der Waals surface area contributed by atoms with Crippen LogP contribution in [0, 0.1) is 5.41 Å². The van der Waals surface area contributed by atoms with Crippen molar-refractivity contribution in [1.29, 1.82) is 0 Å². The quantitative estimate of drug-likeness (QED) is 0.364. The first-order chi connectivity index (χ1) is 5.96. The van der Waals surface area contributed by atoms with E-state index in [-0.39, 0.29) is 11.9 Å². The maximum absolute atomic E-state index is 11.2. The standard InChI is InChI=1S/C9H19N3O/c1-7(8(13)11-10)12-5-4-9(2,3)6-12/h7H,4-6,10H2,1-3H3,(H,11,13). The Morgan fingerprint density at radius 3 is 2.62 bits per heavy atom. The number of nitrogens with two attached hydrogens (primary N) is 1. The lowest BCUT2D eigenvalue weighted by molar-refractivity contribution is -0.125. The highest BCUT2D eigenvalue weighted by molar-refractivity contribution is 5.80. The molecule has 1 rings (SSSR count). The maximum Gasteiger partial charge on any atom is 0.250 e. The lowest BCUT2D eigenvalue weighted by atomic mass is 9.93. The van der Waals surface area contributed by atoms with Gasteiger partial charge in [-0.25, -0.2) is 5.84 Å². The van der Waals surface area contributed by atoms with Crippen LogP contribution in [0.3, 0.4) is 0 Å². The van der Waals surface area contributed by atoms with Gasteiger partial charge in [-0.3, -0.25) is 15.1 Å². The van der Waals surface area contributed by atoms with Crippen molar-refractivity contribution in [3.8, 4) is 0 Å². The third-order valence-corrected chi connectivity index (χ3v) is 2.78. The maximum atomic E-state index is 11.2. The first-order valence-electron chi connectivity index (χ1n) is 4.71. The third kappa shape index (κ3) is 2.42. The van der Waals surface area contributed by atoms with Gasteiger partial charge in [-0.05, 0) is 25.3 Å². The van der Waals surface area contributed by atoms with Crippen LogP contribution in [0.2, 0.25) is 0 Å². The minimum absolute atomic E-state index is 0.0994. The second kappa shape index (κ2) is 3.64. The summed E-state index contributed by atoms with van der Waals surface area (Å²) in [6, 6.07) is -0.105. The normalized spacial score (nSPS) is 24.3. The number of carbonyl (C=O) groups excluding carboxylic acids is 1. The first-order valence-corrected chi connectivity index (χ1v) is 4.71. The lowest BCUT2D eigenvalue weighted by Crippen LogP contribution is -2.46. The minimum atomic E-state index is -0.105. The number of amides is 1. The molecule has 4 nitrogen and oxygen atoms in total. The van der Waals surface area contributed by atoms with E-state index in [4.69, 9.17) is 5.84 Å². The van der Waals surface area contributed by atoms with Crippen molar-refractivity contribution >= 4 is 5.91 Å². The molecule has 0 radical (unpaired) electrons. The zero-order valence-corrected chi connectivity index (χ0v) is 8.63. The molecule has 0 saturated carbocycles. The van der Waals surface area contributed by atoms with Crippen molar-refractivity contribution < 1.29 is 4.79 Å². The molecule has 1 heterocycles. The lowest BCUT2D eigenvalue weighted by Gasteiger charge is -2.24. The van der Waals surface area contributed by atoms with Gasteiger partial charge in [-0.2, -0.15) is 0 Å². The molecule has 76 valence electrons. The summed E-state index contributed by atoms with van der Waals surface area (Å²) in [5.74, 6) is 4.98. The topological polar surface area (TPSA) is 58.4 Å². The number of hydrogen-bond acceptors (Lipinski definition) is 3. The van der Waals surface area contributed by atoms with Crippen molar-refractivity contribution in [3.63, 3.8) is 0 Å². The molecule has 0 aromatic carbocycles. The molecule has 0 spiro atoms. The van der Waals surface area contributed by atoms with Crippen LogP contribution in [0.5, 0.6) is 0 Å². The Hall–Kier alpha value is -0.610. The molecule has 3 N–H and O–H groups in total. The van der Waals surface area contributed by atoms with Crippen molar-refractivity contribution in [3.05, 3.63) is 0 Å². The predicted octanol–water partition coefficient (Wildman–Crippen LogP) is 0.0967. The van der Waals surface area contributed by atoms with Gasteiger partial charge in [0, 0.05) is 6.54 Å². The van der Waals surface area contributed by atoms with Crippen LogP contribution in [-0.4, -0.2) is 29.9 Å². The molecule has 13 heavy (non-hydrogen) atoms. The fourth-order valence-electron chi connectivity index (χ4n) is 1.77. The summed E-state index contributed by atoms with van der Waals surface area (Å²) in [7, 11) is 0. The van der Waals surface area contributed by atoms with E-state index in [1.54, 1.807) is 0 Å². The van der Waals surface area contributed by atoms with E-state index in [1.807, 2.05) is 6.92 Å². The van der Waals surface area contributed by atoms with Gasteiger partial charge in [-0.15, -0.1) is 0 Å². The van der Waals surface area contributed by atoms with E-state index in [0.29, 0.717) is 5.41 Å². The average Bonchev–Trinajstić information content (AvgIpc) is 2.43. The second-order valence-corrected chi connectivity index (χ2v) is 4.57. The van der Waals surface area contributed by atoms with E-state index >= 15 is 0 Å². The summed E-state index contributed by atoms with van der Waals surface area (Å²) >= 11 is 0. The summed E-state index contributed by atoms with van der Waals surface area (Å²) in [4.78, 5) is 13.4. The van der Waals surface area contributed by atoms with E-state index in [0.717, 1.165) is 19.5 Å². The minimum Gasteiger partial charge on any atom is -0.293 e. The van der Waals surface area contributed by atoms with Gasteiger partial charge in [0.2, 0.25) is 0 Å². The summed E-state index contributed by atoms with van der Waals surface area (Å²) in [5, 5.41) is 0. The average molecular weight is 185 g/mol. The van der Waals surface area contributed by atoms with Crippen LogP contribution in [0.1, 0.15) is 27.2 Å². The third-order valence-electron chi connectivity index (χ3n) is 2.78. The molecule has 1 aliphatic rings.